The van der Waals surface area contributed by atoms with Gasteiger partial charge in [0.2, 0.25) is 0 Å². The number of urea groups is 1. The van der Waals surface area contributed by atoms with Crippen molar-refractivity contribution in [2.45, 2.75) is 18.9 Å². The van der Waals surface area contributed by atoms with E-state index in [4.69, 9.17) is 4.42 Å². The lowest BCUT2D eigenvalue weighted by Crippen LogP contribution is -2.52. The topological polar surface area (TPSA) is 52.0 Å². The van der Waals surface area contributed by atoms with E-state index in [9.17, 15) is 4.79 Å². The average Bonchev–Trinajstić information content (AvgIpc) is 3.50. The van der Waals surface area contributed by atoms with Gasteiger partial charge in [0.15, 0.2) is 0 Å². The van der Waals surface area contributed by atoms with Crippen molar-refractivity contribution < 1.29 is 9.21 Å². The zero-order valence-corrected chi connectivity index (χ0v) is 17.6. The molecular formula is C24H32N4O2. The number of furan rings is 1. The first kappa shape index (κ1) is 20.7. The van der Waals surface area contributed by atoms with Crippen molar-refractivity contribution in [2.75, 3.05) is 52.4 Å². The van der Waals surface area contributed by atoms with Gasteiger partial charge in [0.1, 0.15) is 5.76 Å². The Labute approximate surface area is 179 Å². The van der Waals surface area contributed by atoms with Gasteiger partial charge in [-0.05, 0) is 43.6 Å². The van der Waals surface area contributed by atoms with Crippen LogP contribution in [0.2, 0.25) is 0 Å². The molecule has 30 heavy (non-hydrogen) atoms. The Kier molecular flexibility index (Phi) is 7.21. The monoisotopic (exact) mass is 408 g/mol. The molecule has 3 heterocycles. The van der Waals surface area contributed by atoms with Gasteiger partial charge in [-0.3, -0.25) is 9.80 Å². The number of carbonyl (C=O) groups excluding carboxylic acids is 1. The molecule has 6 nitrogen and oxygen atoms in total. The molecule has 0 aliphatic carbocycles. The Balaban J connectivity index is 1.21. The van der Waals surface area contributed by atoms with Gasteiger partial charge in [-0.1, -0.05) is 42.5 Å². The maximum Gasteiger partial charge on any atom is 0.317 e. The van der Waals surface area contributed by atoms with Gasteiger partial charge in [-0.25, -0.2) is 4.79 Å². The second kappa shape index (κ2) is 10.5. The van der Waals surface area contributed by atoms with E-state index in [0.29, 0.717) is 6.54 Å². The zero-order chi connectivity index (χ0) is 20.6. The second-order valence-electron chi connectivity index (χ2n) is 8.06. The minimum atomic E-state index is 0.0326. The summed E-state index contributed by atoms with van der Waals surface area (Å²) in [4.78, 5) is 19.5. The summed E-state index contributed by atoms with van der Waals surface area (Å²) in [5, 5.41) is 3.15. The molecule has 1 aromatic heterocycles. The SMILES string of the molecule is O=C(NCC(c1ccco1)N1CCCC1)N1CCN(C/C=C/c2ccccc2)CC1. The molecule has 2 amide bonds. The Bertz CT molecular complexity index is 792. The molecule has 4 rings (SSSR count). The lowest BCUT2D eigenvalue weighted by molar-refractivity contribution is 0.142. The summed E-state index contributed by atoms with van der Waals surface area (Å²) < 4.78 is 5.65. The lowest BCUT2D eigenvalue weighted by atomic mass is 10.2. The molecule has 1 N–H and O–H groups in total. The smallest absolute Gasteiger partial charge is 0.317 e. The van der Waals surface area contributed by atoms with Gasteiger partial charge in [0, 0.05) is 39.3 Å². The number of rotatable bonds is 7. The van der Waals surface area contributed by atoms with Crippen molar-refractivity contribution in [3.8, 4) is 0 Å². The summed E-state index contributed by atoms with van der Waals surface area (Å²) >= 11 is 0. The molecule has 1 aromatic carbocycles. The van der Waals surface area contributed by atoms with E-state index in [-0.39, 0.29) is 12.1 Å². The van der Waals surface area contributed by atoms with Crippen molar-refractivity contribution >= 4 is 12.1 Å². The van der Waals surface area contributed by atoms with Crippen LogP contribution in [0, 0.1) is 0 Å². The first-order valence-corrected chi connectivity index (χ1v) is 11.0. The van der Waals surface area contributed by atoms with E-state index in [1.54, 1.807) is 6.26 Å². The highest BCUT2D eigenvalue weighted by Crippen LogP contribution is 2.25. The van der Waals surface area contributed by atoms with E-state index in [1.165, 1.54) is 18.4 Å². The predicted octanol–water partition coefficient (Wildman–Crippen LogP) is 3.46. The fraction of sp³-hybridized carbons (Fsp3) is 0.458. The third-order valence-electron chi connectivity index (χ3n) is 6.03. The van der Waals surface area contributed by atoms with Gasteiger partial charge >= 0.3 is 6.03 Å². The first-order chi connectivity index (χ1) is 14.8. The molecule has 2 aliphatic rings. The van der Waals surface area contributed by atoms with Crippen molar-refractivity contribution in [3.63, 3.8) is 0 Å². The molecule has 1 unspecified atom stereocenters. The fourth-order valence-corrected chi connectivity index (χ4v) is 4.28. The Morgan fingerprint density at radius 1 is 1.00 bits per heavy atom. The molecule has 2 aromatic rings. The van der Waals surface area contributed by atoms with Crippen LogP contribution in [0.3, 0.4) is 0 Å². The normalized spacial score (nSPS) is 19.4. The number of nitrogens with zero attached hydrogens (tertiary/aromatic N) is 3. The van der Waals surface area contributed by atoms with Crippen molar-refractivity contribution in [1.82, 2.24) is 20.0 Å². The molecule has 1 atom stereocenters. The number of piperazine rings is 1. The van der Waals surface area contributed by atoms with Crippen LogP contribution in [0.1, 0.15) is 30.2 Å². The number of benzene rings is 1. The van der Waals surface area contributed by atoms with Crippen molar-refractivity contribution in [1.29, 1.82) is 0 Å². The number of likely N-dealkylation sites (tertiary alicyclic amines) is 1. The largest absolute Gasteiger partial charge is 0.468 e. The molecule has 2 fully saturated rings. The van der Waals surface area contributed by atoms with Crippen LogP contribution in [0.5, 0.6) is 0 Å². The van der Waals surface area contributed by atoms with E-state index < -0.39 is 0 Å². The van der Waals surface area contributed by atoms with Crippen LogP contribution in [0.4, 0.5) is 4.79 Å². The minimum absolute atomic E-state index is 0.0326. The van der Waals surface area contributed by atoms with E-state index in [2.05, 4.69) is 51.5 Å². The molecular weight excluding hydrogens is 376 g/mol. The number of nitrogens with one attached hydrogen (secondary N) is 1. The standard InChI is InChI=1S/C24H32N4O2/c29-24(25-20-22(23-11-7-19-30-23)27-13-4-5-14-27)28-17-15-26(16-18-28)12-6-10-21-8-2-1-3-9-21/h1-3,6-11,19,22H,4-5,12-18,20H2,(H,25,29)/b10-6+. The summed E-state index contributed by atoms with van der Waals surface area (Å²) in [6, 6.07) is 14.4. The maximum atomic E-state index is 12.7. The Morgan fingerprint density at radius 3 is 2.47 bits per heavy atom. The number of carbonyl (C=O) groups is 1. The van der Waals surface area contributed by atoms with Gasteiger partial charge in [0.05, 0.1) is 12.3 Å². The van der Waals surface area contributed by atoms with Gasteiger partial charge in [0.25, 0.3) is 0 Å². The van der Waals surface area contributed by atoms with Gasteiger partial charge in [-0.2, -0.15) is 0 Å². The summed E-state index contributed by atoms with van der Waals surface area (Å²) in [5.41, 5.74) is 1.22. The molecule has 0 bridgehead atoms. The van der Waals surface area contributed by atoms with E-state index >= 15 is 0 Å². The molecule has 2 aliphatic heterocycles. The minimum Gasteiger partial charge on any atom is -0.468 e. The van der Waals surface area contributed by atoms with Crippen LogP contribution in [-0.4, -0.2) is 73.1 Å². The van der Waals surface area contributed by atoms with Crippen LogP contribution in [0.25, 0.3) is 6.08 Å². The predicted molar refractivity (Wildman–Crippen MR) is 119 cm³/mol. The number of amides is 2. The second-order valence-corrected chi connectivity index (χ2v) is 8.06. The van der Waals surface area contributed by atoms with Crippen LogP contribution in [-0.2, 0) is 0 Å². The van der Waals surface area contributed by atoms with Crippen LogP contribution >= 0.6 is 0 Å². The zero-order valence-electron chi connectivity index (χ0n) is 17.6. The summed E-state index contributed by atoms with van der Waals surface area (Å²) in [5.74, 6) is 0.937. The highest BCUT2D eigenvalue weighted by atomic mass is 16.3. The molecule has 6 heteroatoms. The highest BCUT2D eigenvalue weighted by molar-refractivity contribution is 5.74. The lowest BCUT2D eigenvalue weighted by Gasteiger charge is -2.35. The molecule has 160 valence electrons. The number of hydrogen-bond acceptors (Lipinski definition) is 4. The number of hydrogen-bond donors (Lipinski definition) is 1. The first-order valence-electron chi connectivity index (χ1n) is 11.0. The average molecular weight is 409 g/mol. The quantitative estimate of drug-likeness (QED) is 0.762. The summed E-state index contributed by atoms with van der Waals surface area (Å²) in [6.45, 7) is 6.97. The fourth-order valence-electron chi connectivity index (χ4n) is 4.28. The molecule has 0 radical (unpaired) electrons. The molecule has 0 spiro atoms. The highest BCUT2D eigenvalue weighted by Gasteiger charge is 2.27. The van der Waals surface area contributed by atoms with Crippen LogP contribution in [0.15, 0.2) is 59.2 Å². The Morgan fingerprint density at radius 2 is 1.77 bits per heavy atom. The molecule has 0 saturated carbocycles. The summed E-state index contributed by atoms with van der Waals surface area (Å²) in [7, 11) is 0. The Hall–Kier alpha value is -2.57. The van der Waals surface area contributed by atoms with Gasteiger partial charge in [-0.15, -0.1) is 0 Å². The van der Waals surface area contributed by atoms with Gasteiger partial charge < -0.3 is 14.6 Å². The maximum absolute atomic E-state index is 12.7. The van der Waals surface area contributed by atoms with Crippen molar-refractivity contribution in [3.05, 3.63) is 66.1 Å². The third kappa shape index (κ3) is 5.52. The van der Waals surface area contributed by atoms with E-state index in [0.717, 1.165) is 51.6 Å². The van der Waals surface area contributed by atoms with E-state index in [1.807, 2.05) is 23.1 Å². The third-order valence-corrected chi connectivity index (χ3v) is 6.03. The van der Waals surface area contributed by atoms with Crippen LogP contribution < -0.4 is 5.32 Å². The summed E-state index contributed by atoms with van der Waals surface area (Å²) in [6.07, 6.45) is 8.50. The molecule has 2 saturated heterocycles. The van der Waals surface area contributed by atoms with Crippen molar-refractivity contribution in [2.24, 2.45) is 0 Å².